The Morgan fingerprint density at radius 1 is 1.06 bits per heavy atom. The van der Waals surface area contributed by atoms with E-state index in [1.54, 1.807) is 57.2 Å². The summed E-state index contributed by atoms with van der Waals surface area (Å²) in [5, 5.41) is 19.6. The number of likely N-dealkylation sites (N-methyl/N-ethyl adjacent to an activating group) is 1. The van der Waals surface area contributed by atoms with Gasteiger partial charge in [0.2, 0.25) is 16.8 Å². The molecule has 0 saturated carbocycles. The monoisotopic (exact) mass is 729 g/mol. The maximum Gasteiger partial charge on any atom is 0.323 e. The highest BCUT2D eigenvalue weighted by Gasteiger charge is 2.34. The van der Waals surface area contributed by atoms with E-state index >= 15 is 0 Å². The molecule has 2 aliphatic rings. The zero-order valence-electron chi connectivity index (χ0n) is 29.8. The molecule has 15 nitrogen and oxygen atoms in total. The molecule has 3 heterocycles. The normalized spacial score (nSPS) is 20.7. The first-order chi connectivity index (χ1) is 24.3. The van der Waals surface area contributed by atoms with Crippen LogP contribution < -0.4 is 24.8 Å². The largest absolute Gasteiger partial charge is 0.490 e. The van der Waals surface area contributed by atoms with Gasteiger partial charge in [0, 0.05) is 50.1 Å². The number of amides is 3. The van der Waals surface area contributed by atoms with E-state index in [4.69, 9.17) is 23.5 Å². The van der Waals surface area contributed by atoms with Gasteiger partial charge in [0.25, 0.3) is 5.91 Å². The number of aromatic nitrogens is 1. The van der Waals surface area contributed by atoms with E-state index in [1.165, 1.54) is 16.3 Å². The van der Waals surface area contributed by atoms with Crippen LogP contribution in [0.25, 0.3) is 0 Å². The number of hydrogen-bond donors (Lipinski definition) is 3. The predicted octanol–water partition coefficient (Wildman–Crippen LogP) is 4.78. The first kappa shape index (κ1) is 37.9. The van der Waals surface area contributed by atoms with Gasteiger partial charge < -0.3 is 44.1 Å². The lowest BCUT2D eigenvalue weighted by Crippen LogP contribution is -2.48. The minimum atomic E-state index is -3.96. The zero-order valence-corrected chi connectivity index (χ0v) is 30.6. The van der Waals surface area contributed by atoms with Crippen molar-refractivity contribution in [3.05, 3.63) is 53.4 Å². The molecule has 2 aromatic carbocycles. The summed E-state index contributed by atoms with van der Waals surface area (Å²) in [6.07, 6.45) is 1.30. The molecule has 278 valence electrons. The fourth-order valence-corrected chi connectivity index (χ4v) is 7.55. The number of nitrogens with one attached hydrogen (secondary N) is 2. The predicted molar refractivity (Wildman–Crippen MR) is 188 cm³/mol. The second-order valence-electron chi connectivity index (χ2n) is 13.1. The first-order valence-electron chi connectivity index (χ1n) is 17.0. The van der Waals surface area contributed by atoms with E-state index in [-0.39, 0.29) is 60.4 Å². The molecule has 5 rings (SSSR count). The molecule has 4 atom stereocenters. The number of ether oxygens (including phenoxy) is 4. The lowest BCUT2D eigenvalue weighted by molar-refractivity contribution is -0.00835. The summed E-state index contributed by atoms with van der Waals surface area (Å²) in [5.74, 6) is 0.838. The molecule has 3 aromatic rings. The summed E-state index contributed by atoms with van der Waals surface area (Å²) >= 11 is 0. The van der Waals surface area contributed by atoms with Crippen LogP contribution in [0.15, 0.2) is 45.8 Å². The molecule has 3 N–H and O–H groups in total. The maximum absolute atomic E-state index is 14.4. The van der Waals surface area contributed by atoms with E-state index in [9.17, 15) is 23.1 Å². The Labute approximate surface area is 298 Å². The van der Waals surface area contributed by atoms with Gasteiger partial charge in [0.15, 0.2) is 17.3 Å². The summed E-state index contributed by atoms with van der Waals surface area (Å²) in [7, 11) is -2.48. The Morgan fingerprint density at radius 2 is 1.75 bits per heavy atom. The average Bonchev–Trinajstić information content (AvgIpc) is 3.70. The second kappa shape index (κ2) is 16.3. The molecule has 1 aromatic heterocycles. The standard InChI is InChI=1S/C35H47N5O10S/c1-21-17-40(22(2)19-41)34(42)28-15-26(36-35(43)37-27-11-13-30-31(16-27)48-20-47-30)10-12-29(28)49-23(3)9-7-8-14-46-32(21)18-39(6)51(44,45)33-24(4)38-50-25(33)5/h10-13,15-16,21-23,32,41H,7-9,14,17-20H2,1-6H3,(H2,36,37,43)/t21-,22-,23+,32-/m0/s1. The van der Waals surface area contributed by atoms with Gasteiger partial charge in [-0.05, 0) is 77.3 Å². The third-order valence-electron chi connectivity index (χ3n) is 9.01. The fraction of sp³-hybridized carbons (Fsp3) is 0.514. The number of fused-ring (bicyclic) bond motifs is 2. The van der Waals surface area contributed by atoms with Crippen LogP contribution in [0.5, 0.6) is 17.2 Å². The summed E-state index contributed by atoms with van der Waals surface area (Å²) < 4.78 is 56.9. The van der Waals surface area contributed by atoms with Crippen molar-refractivity contribution in [3.63, 3.8) is 0 Å². The molecule has 0 fully saturated rings. The molecule has 2 aliphatic heterocycles. The molecule has 51 heavy (non-hydrogen) atoms. The van der Waals surface area contributed by atoms with Crippen molar-refractivity contribution in [2.45, 2.75) is 77.0 Å². The SMILES string of the molecule is Cc1noc(C)c1S(=O)(=O)N(C)C[C@@H]1OCCCC[C@@H](C)Oc2ccc(NC(=O)Nc3ccc4c(c3)OCO4)cc2C(=O)N([C@@H](C)CO)C[C@@H]1C. The maximum atomic E-state index is 14.4. The van der Waals surface area contributed by atoms with Gasteiger partial charge in [-0.15, -0.1) is 0 Å². The van der Waals surface area contributed by atoms with Gasteiger partial charge in [-0.1, -0.05) is 12.1 Å². The Balaban J connectivity index is 1.40. The van der Waals surface area contributed by atoms with Crippen molar-refractivity contribution in [2.75, 3.05) is 50.8 Å². The summed E-state index contributed by atoms with van der Waals surface area (Å²) in [5.41, 5.74) is 1.29. The van der Waals surface area contributed by atoms with Gasteiger partial charge in [0.1, 0.15) is 16.3 Å². The molecule has 0 bridgehead atoms. The third-order valence-corrected chi connectivity index (χ3v) is 11.1. The second-order valence-corrected chi connectivity index (χ2v) is 15.1. The van der Waals surface area contributed by atoms with Crippen LogP contribution >= 0.6 is 0 Å². The Kier molecular flexibility index (Phi) is 12.1. The van der Waals surface area contributed by atoms with E-state index in [0.29, 0.717) is 48.1 Å². The number of sulfonamides is 1. The van der Waals surface area contributed by atoms with E-state index in [1.807, 2.05) is 13.8 Å². The minimum absolute atomic E-state index is 0.00570. The fourth-order valence-electron chi connectivity index (χ4n) is 6.08. The van der Waals surface area contributed by atoms with Crippen LogP contribution in [-0.2, 0) is 14.8 Å². The smallest absolute Gasteiger partial charge is 0.323 e. The molecule has 0 saturated heterocycles. The number of aliphatic hydroxyl groups is 1. The molecule has 0 spiro atoms. The number of aliphatic hydroxyl groups excluding tert-OH is 1. The number of nitrogens with zero attached hydrogens (tertiary/aromatic N) is 3. The van der Waals surface area contributed by atoms with Gasteiger partial charge in [-0.25, -0.2) is 13.2 Å². The van der Waals surface area contributed by atoms with Gasteiger partial charge >= 0.3 is 6.03 Å². The Hall–Kier alpha value is -4.38. The number of aryl methyl sites for hydroxylation is 2. The van der Waals surface area contributed by atoms with Crippen molar-refractivity contribution >= 4 is 33.3 Å². The Morgan fingerprint density at radius 3 is 2.43 bits per heavy atom. The number of rotatable bonds is 8. The highest BCUT2D eigenvalue weighted by molar-refractivity contribution is 7.89. The topological polar surface area (TPSA) is 182 Å². The lowest BCUT2D eigenvalue weighted by atomic mass is 10.0. The number of hydrogen-bond acceptors (Lipinski definition) is 11. The summed E-state index contributed by atoms with van der Waals surface area (Å²) in [6.45, 7) is 8.94. The molecule has 16 heteroatoms. The quantitative estimate of drug-likeness (QED) is 0.290. The van der Waals surface area contributed by atoms with Crippen molar-refractivity contribution in [2.24, 2.45) is 5.92 Å². The number of benzene rings is 2. The van der Waals surface area contributed by atoms with Crippen LogP contribution in [0, 0.1) is 19.8 Å². The van der Waals surface area contributed by atoms with Crippen LogP contribution in [0.2, 0.25) is 0 Å². The van der Waals surface area contributed by atoms with Crippen LogP contribution in [0.3, 0.4) is 0 Å². The molecule has 0 aliphatic carbocycles. The highest BCUT2D eigenvalue weighted by Crippen LogP contribution is 2.34. The van der Waals surface area contributed by atoms with Crippen molar-refractivity contribution in [1.29, 1.82) is 0 Å². The van der Waals surface area contributed by atoms with Crippen molar-refractivity contribution < 1.29 is 46.6 Å². The molecule has 3 amide bonds. The molecular weight excluding hydrogens is 682 g/mol. The van der Waals surface area contributed by atoms with Gasteiger partial charge in [-0.3, -0.25) is 4.79 Å². The van der Waals surface area contributed by atoms with E-state index in [0.717, 1.165) is 6.42 Å². The number of carbonyl (C=O) groups excluding carboxylic acids is 2. The molecular formula is C35H47N5O10S. The molecule has 0 unspecified atom stereocenters. The van der Waals surface area contributed by atoms with Crippen molar-refractivity contribution in [1.82, 2.24) is 14.4 Å². The number of urea groups is 1. The van der Waals surface area contributed by atoms with Gasteiger partial charge in [-0.2, -0.15) is 4.31 Å². The lowest BCUT2D eigenvalue weighted by Gasteiger charge is -2.35. The number of carbonyl (C=O) groups is 2. The third kappa shape index (κ3) is 8.92. The highest BCUT2D eigenvalue weighted by atomic mass is 32.2. The van der Waals surface area contributed by atoms with Crippen molar-refractivity contribution in [3.8, 4) is 17.2 Å². The van der Waals surface area contributed by atoms with Gasteiger partial charge in [0.05, 0.1) is 30.4 Å². The minimum Gasteiger partial charge on any atom is -0.490 e. The molecule has 0 radical (unpaired) electrons. The average molecular weight is 730 g/mol. The van der Waals surface area contributed by atoms with E-state index < -0.39 is 34.1 Å². The first-order valence-corrected chi connectivity index (χ1v) is 18.4. The zero-order chi connectivity index (χ0) is 36.9. The summed E-state index contributed by atoms with van der Waals surface area (Å²) in [4.78, 5) is 29.0. The Bertz CT molecular complexity index is 1800. The van der Waals surface area contributed by atoms with Crippen LogP contribution in [0.1, 0.15) is 61.8 Å². The van der Waals surface area contributed by atoms with Crippen LogP contribution in [0.4, 0.5) is 16.2 Å². The summed E-state index contributed by atoms with van der Waals surface area (Å²) in [6, 6.07) is 8.74. The van der Waals surface area contributed by atoms with E-state index in [2.05, 4.69) is 15.8 Å². The number of anilines is 2. The van der Waals surface area contributed by atoms with Crippen LogP contribution in [-0.4, -0.2) is 98.2 Å².